The molecule has 3 heteroatoms. The molecule has 2 rings (SSSR count). The summed E-state index contributed by atoms with van der Waals surface area (Å²) in [6.45, 7) is 7.63. The van der Waals surface area contributed by atoms with Crippen molar-refractivity contribution in [3.8, 4) is 0 Å². The molecule has 0 aromatic carbocycles. The first-order valence-electron chi connectivity index (χ1n) is 5.71. The minimum absolute atomic E-state index is 0.326. The quantitative estimate of drug-likeness (QED) is 0.570. The molecule has 0 unspecified atom stereocenters. The van der Waals surface area contributed by atoms with Gasteiger partial charge in [0, 0.05) is 5.56 Å². The predicted molar refractivity (Wildman–Crippen MR) is 58.6 cm³/mol. The Balaban J connectivity index is 1.99. The smallest absolute Gasteiger partial charge is 0.146 e. The van der Waals surface area contributed by atoms with Crippen LogP contribution in [0.3, 0.4) is 0 Å². The molecule has 0 aliphatic carbocycles. The van der Waals surface area contributed by atoms with Crippen LogP contribution in [-0.2, 0) is 0 Å². The Morgan fingerprint density at radius 3 is 1.46 bits per heavy atom. The summed E-state index contributed by atoms with van der Waals surface area (Å²) in [5.74, 6) is 0. The number of likely N-dealkylation sites (tertiary alicyclic amines) is 2. The lowest BCUT2D eigenvalue weighted by Gasteiger charge is -2.43. The summed E-state index contributed by atoms with van der Waals surface area (Å²) < 4.78 is 0. The van der Waals surface area contributed by atoms with Crippen molar-refractivity contribution in [3.63, 3.8) is 0 Å². The highest BCUT2D eigenvalue weighted by Crippen LogP contribution is 2.25. The third-order valence-corrected chi connectivity index (χ3v) is 3.76. The Morgan fingerprint density at radius 2 is 1.15 bits per heavy atom. The largest absolute Gasteiger partial charge is 0.293 e. The zero-order valence-electron chi connectivity index (χ0n) is 9.05. The lowest BCUT2D eigenvalue weighted by molar-refractivity contribution is 0.0549. The van der Waals surface area contributed by atoms with Crippen LogP contribution in [0.2, 0.25) is 0 Å². The first-order valence-corrected chi connectivity index (χ1v) is 5.71. The van der Waals surface area contributed by atoms with E-state index in [0.29, 0.717) is 5.56 Å². The van der Waals surface area contributed by atoms with Crippen LogP contribution in [0.5, 0.6) is 0 Å². The van der Waals surface area contributed by atoms with Crippen LogP contribution >= 0.6 is 0 Å². The first kappa shape index (κ1) is 9.54. The molecule has 2 nitrogen and oxygen atoms in total. The lowest BCUT2D eigenvalue weighted by atomic mass is 9.85. The molecule has 2 aliphatic heterocycles. The van der Waals surface area contributed by atoms with E-state index in [0.717, 1.165) is 0 Å². The van der Waals surface area contributed by atoms with Gasteiger partial charge in [0.1, 0.15) is 7.85 Å². The monoisotopic (exact) mass is 180 g/mol. The molecule has 0 spiro atoms. The molecule has 0 radical (unpaired) electrons. The first-order chi connectivity index (χ1) is 6.21. The van der Waals surface area contributed by atoms with Crippen LogP contribution in [0, 0.1) is 0 Å². The van der Waals surface area contributed by atoms with E-state index in [1.165, 1.54) is 51.9 Å². The van der Waals surface area contributed by atoms with E-state index in [-0.39, 0.29) is 0 Å². The third-order valence-electron chi connectivity index (χ3n) is 3.76. The van der Waals surface area contributed by atoms with Gasteiger partial charge in [-0.2, -0.15) is 0 Å². The summed E-state index contributed by atoms with van der Waals surface area (Å²) >= 11 is 0. The Morgan fingerprint density at radius 1 is 0.846 bits per heavy atom. The van der Waals surface area contributed by atoms with Crippen molar-refractivity contribution in [2.75, 3.05) is 26.2 Å². The molecular formula is C10H21BN2. The average molecular weight is 180 g/mol. The molecule has 0 N–H and O–H groups in total. The summed E-state index contributed by atoms with van der Waals surface area (Å²) in [4.78, 5) is 5.30. The second-order valence-electron chi connectivity index (χ2n) is 4.88. The highest BCUT2D eigenvalue weighted by atomic mass is 15.4. The Hall–Kier alpha value is -0.0151. The van der Waals surface area contributed by atoms with Crippen LogP contribution in [-0.4, -0.2) is 49.4 Å². The van der Waals surface area contributed by atoms with Gasteiger partial charge in [-0.05, 0) is 58.8 Å². The number of hydrogen-bond donors (Lipinski definition) is 0. The van der Waals surface area contributed by atoms with Gasteiger partial charge in [-0.1, -0.05) is 0 Å². The Kier molecular flexibility index (Phi) is 2.66. The maximum atomic E-state index is 2.65. The Bertz CT molecular complexity index is 152. The van der Waals surface area contributed by atoms with Crippen LogP contribution in [0.25, 0.3) is 0 Å². The van der Waals surface area contributed by atoms with Gasteiger partial charge in [0.15, 0.2) is 0 Å². The fourth-order valence-electron chi connectivity index (χ4n) is 2.73. The highest BCUT2D eigenvalue weighted by Gasteiger charge is 2.35. The topological polar surface area (TPSA) is 6.48 Å². The van der Waals surface area contributed by atoms with Crippen molar-refractivity contribution >= 4 is 7.85 Å². The molecule has 2 saturated heterocycles. The summed E-state index contributed by atoms with van der Waals surface area (Å²) in [6, 6.07) is 0. The summed E-state index contributed by atoms with van der Waals surface area (Å²) in [7, 11) is 2.39. The fourth-order valence-corrected chi connectivity index (χ4v) is 2.73. The molecule has 0 atom stereocenters. The second-order valence-corrected chi connectivity index (χ2v) is 4.88. The lowest BCUT2D eigenvalue weighted by Crippen LogP contribution is -2.57. The van der Waals surface area contributed by atoms with E-state index in [9.17, 15) is 0 Å². The van der Waals surface area contributed by atoms with Crippen molar-refractivity contribution in [1.82, 2.24) is 9.80 Å². The van der Waals surface area contributed by atoms with E-state index in [4.69, 9.17) is 0 Å². The summed E-state index contributed by atoms with van der Waals surface area (Å²) in [5, 5.41) is 0. The van der Waals surface area contributed by atoms with Gasteiger partial charge in [-0.3, -0.25) is 9.80 Å². The van der Waals surface area contributed by atoms with Gasteiger partial charge in [0.25, 0.3) is 0 Å². The molecule has 13 heavy (non-hydrogen) atoms. The number of nitrogens with zero attached hydrogens (tertiary/aromatic N) is 2. The summed E-state index contributed by atoms with van der Waals surface area (Å²) in [6.07, 6.45) is 5.60. The maximum Gasteiger partial charge on any atom is 0.146 e. The molecule has 2 heterocycles. The molecule has 0 amide bonds. The van der Waals surface area contributed by atoms with Crippen LogP contribution in [0.1, 0.15) is 32.6 Å². The second kappa shape index (κ2) is 3.62. The van der Waals surface area contributed by atoms with Gasteiger partial charge in [-0.25, -0.2) is 0 Å². The highest BCUT2D eigenvalue weighted by molar-refractivity contribution is 6.14. The third kappa shape index (κ3) is 1.77. The molecule has 74 valence electrons. The maximum absolute atomic E-state index is 2.65. The molecule has 2 aliphatic rings. The van der Waals surface area contributed by atoms with E-state index in [1.807, 2.05) is 0 Å². The molecule has 2 fully saturated rings. The van der Waals surface area contributed by atoms with Gasteiger partial charge in [0.05, 0.1) is 0 Å². The molecule has 0 bridgehead atoms. The van der Waals surface area contributed by atoms with Crippen molar-refractivity contribution < 1.29 is 0 Å². The van der Waals surface area contributed by atoms with Crippen molar-refractivity contribution in [2.45, 2.75) is 38.2 Å². The number of hydrogen-bond acceptors (Lipinski definition) is 2. The van der Waals surface area contributed by atoms with Crippen LogP contribution < -0.4 is 0 Å². The van der Waals surface area contributed by atoms with E-state index in [2.05, 4.69) is 24.6 Å². The molecule has 0 aromatic rings. The molecule has 0 saturated carbocycles. The zero-order chi connectivity index (χ0) is 9.31. The van der Waals surface area contributed by atoms with Gasteiger partial charge < -0.3 is 0 Å². The van der Waals surface area contributed by atoms with E-state index in [1.54, 1.807) is 0 Å². The van der Waals surface area contributed by atoms with Gasteiger partial charge in [-0.15, -0.1) is 0 Å². The molecule has 0 aromatic heterocycles. The SMILES string of the molecule is BC(C)(N1CCCC1)N1CCCC1. The Labute approximate surface area is 82.7 Å². The van der Waals surface area contributed by atoms with Crippen molar-refractivity contribution in [1.29, 1.82) is 0 Å². The number of rotatable bonds is 2. The summed E-state index contributed by atoms with van der Waals surface area (Å²) in [5.41, 5.74) is 0.326. The van der Waals surface area contributed by atoms with Crippen molar-refractivity contribution in [2.24, 2.45) is 0 Å². The van der Waals surface area contributed by atoms with Crippen molar-refractivity contribution in [3.05, 3.63) is 0 Å². The fraction of sp³-hybridized carbons (Fsp3) is 1.00. The van der Waals surface area contributed by atoms with Gasteiger partial charge >= 0.3 is 0 Å². The van der Waals surface area contributed by atoms with Crippen LogP contribution in [0.15, 0.2) is 0 Å². The van der Waals surface area contributed by atoms with E-state index >= 15 is 0 Å². The zero-order valence-corrected chi connectivity index (χ0v) is 9.05. The predicted octanol–water partition coefficient (Wildman–Crippen LogP) is 0.485. The van der Waals surface area contributed by atoms with E-state index < -0.39 is 0 Å². The minimum atomic E-state index is 0.326. The van der Waals surface area contributed by atoms with Crippen LogP contribution in [0.4, 0.5) is 0 Å². The van der Waals surface area contributed by atoms with Gasteiger partial charge in [0.2, 0.25) is 0 Å². The average Bonchev–Trinajstić information content (AvgIpc) is 2.78. The molecular weight excluding hydrogens is 159 g/mol. The normalized spacial score (nSPS) is 27.2. The minimum Gasteiger partial charge on any atom is -0.293 e. The standard InChI is InChI=1S/C10H21BN2/c1-10(11,12-6-2-3-7-12)13-8-4-5-9-13/h2-9,11H2,1H3.